The van der Waals surface area contributed by atoms with E-state index in [9.17, 15) is 4.79 Å². The summed E-state index contributed by atoms with van der Waals surface area (Å²) < 4.78 is 6.06. The summed E-state index contributed by atoms with van der Waals surface area (Å²) in [6.07, 6.45) is 0. The highest BCUT2D eigenvalue weighted by atomic mass is 32.2. The van der Waals surface area contributed by atoms with Crippen LogP contribution in [0.2, 0.25) is 0 Å². The number of aromatic amines is 2. The zero-order valence-corrected chi connectivity index (χ0v) is 16.0. The normalized spacial score (nSPS) is 11.5. The zero-order valence-electron chi connectivity index (χ0n) is 15.2. The molecule has 0 aliphatic rings. The van der Waals surface area contributed by atoms with Crippen molar-refractivity contribution in [3.05, 3.63) is 60.7 Å². The smallest absolute Gasteiger partial charge is 0.152 e. The lowest BCUT2D eigenvalue weighted by atomic mass is 10.1. The molecule has 6 heteroatoms. The monoisotopic (exact) mass is 387 g/mol. The van der Waals surface area contributed by atoms with Crippen molar-refractivity contribution < 1.29 is 9.21 Å². The third-order valence-corrected chi connectivity index (χ3v) is 5.70. The molecule has 0 fully saturated rings. The number of hydrogen-bond donors (Lipinski definition) is 2. The lowest BCUT2D eigenvalue weighted by molar-refractivity contribution is -0.114. The number of Topliss-reactive ketones (excluding diaryl/α,β-unsaturated/α-hetero) is 1. The van der Waals surface area contributed by atoms with Crippen LogP contribution >= 0.6 is 11.8 Å². The number of nitrogens with one attached hydrogen (secondary N) is 2. The number of rotatable bonds is 5. The molecule has 3 heterocycles. The zero-order chi connectivity index (χ0) is 19.1. The van der Waals surface area contributed by atoms with Crippen LogP contribution in [0.1, 0.15) is 6.92 Å². The van der Waals surface area contributed by atoms with Gasteiger partial charge in [0.2, 0.25) is 0 Å². The average molecular weight is 387 g/mol. The molecular formula is C22H17N3O2S. The first-order valence-electron chi connectivity index (χ1n) is 8.96. The number of aromatic nitrogens is 3. The molecule has 2 aromatic carbocycles. The third-order valence-electron chi connectivity index (χ3n) is 4.64. The fourth-order valence-corrected chi connectivity index (χ4v) is 3.99. The molecule has 0 amide bonds. The summed E-state index contributed by atoms with van der Waals surface area (Å²) in [5.41, 5.74) is 4.02. The summed E-state index contributed by atoms with van der Waals surface area (Å²) in [6.45, 7) is 1.57. The largest absolute Gasteiger partial charge is 0.454 e. The Hall–Kier alpha value is -3.25. The van der Waals surface area contributed by atoms with Gasteiger partial charge in [0.1, 0.15) is 22.3 Å². The molecule has 0 aliphatic carbocycles. The van der Waals surface area contributed by atoms with E-state index in [1.807, 2.05) is 24.3 Å². The second-order valence-electron chi connectivity index (χ2n) is 6.71. The summed E-state index contributed by atoms with van der Waals surface area (Å²) in [5.74, 6) is 2.05. The van der Waals surface area contributed by atoms with E-state index in [0.717, 1.165) is 33.1 Å². The lowest BCUT2D eigenvalue weighted by Crippen LogP contribution is -1.92. The molecule has 0 radical (unpaired) electrons. The summed E-state index contributed by atoms with van der Waals surface area (Å²) in [7, 11) is 0. The summed E-state index contributed by atoms with van der Waals surface area (Å²) in [6, 6.07) is 20.4. The van der Waals surface area contributed by atoms with Gasteiger partial charge in [-0.1, -0.05) is 42.1 Å². The number of benzene rings is 2. The van der Waals surface area contributed by atoms with Crippen LogP contribution in [0.3, 0.4) is 0 Å². The van der Waals surface area contributed by atoms with Gasteiger partial charge in [0.15, 0.2) is 5.76 Å². The number of carbonyl (C=O) groups excluding carboxylic acids is 1. The van der Waals surface area contributed by atoms with Crippen molar-refractivity contribution in [3.8, 4) is 22.8 Å². The van der Waals surface area contributed by atoms with Crippen LogP contribution in [0.4, 0.5) is 0 Å². The SMILES string of the molecule is CC(=O)CSc1cc(-c2ccc(-c3ccc4c(c3)[nH]c3ccccc34)o2)[nH]n1. The number of nitrogens with zero attached hydrogens (tertiary/aromatic N) is 1. The van der Waals surface area contributed by atoms with E-state index in [2.05, 4.69) is 51.6 Å². The van der Waals surface area contributed by atoms with Crippen LogP contribution in [0.25, 0.3) is 44.6 Å². The Morgan fingerprint density at radius 1 is 1.00 bits per heavy atom. The molecule has 0 atom stereocenters. The van der Waals surface area contributed by atoms with Crippen molar-refractivity contribution in [3.63, 3.8) is 0 Å². The molecule has 0 saturated carbocycles. The quantitative estimate of drug-likeness (QED) is 0.382. The van der Waals surface area contributed by atoms with Gasteiger partial charge in [-0.3, -0.25) is 9.89 Å². The maximum Gasteiger partial charge on any atom is 0.152 e. The van der Waals surface area contributed by atoms with E-state index in [0.29, 0.717) is 11.5 Å². The first-order chi connectivity index (χ1) is 13.7. The molecule has 0 aliphatic heterocycles. The maximum absolute atomic E-state index is 11.1. The molecule has 0 unspecified atom stereocenters. The highest BCUT2D eigenvalue weighted by Gasteiger charge is 2.12. The molecule has 5 nitrogen and oxygen atoms in total. The van der Waals surface area contributed by atoms with Crippen LogP contribution < -0.4 is 0 Å². The number of para-hydroxylation sites is 1. The van der Waals surface area contributed by atoms with Gasteiger partial charge in [0.25, 0.3) is 0 Å². The van der Waals surface area contributed by atoms with Gasteiger partial charge in [-0.15, -0.1) is 0 Å². The first-order valence-corrected chi connectivity index (χ1v) is 9.94. The summed E-state index contributed by atoms with van der Waals surface area (Å²) >= 11 is 1.41. The Morgan fingerprint density at radius 3 is 2.71 bits per heavy atom. The Morgan fingerprint density at radius 2 is 1.82 bits per heavy atom. The minimum atomic E-state index is 0.127. The topological polar surface area (TPSA) is 74.7 Å². The Bertz CT molecular complexity index is 1310. The van der Waals surface area contributed by atoms with E-state index in [4.69, 9.17) is 4.42 Å². The van der Waals surface area contributed by atoms with Gasteiger partial charge in [-0.05, 0) is 31.2 Å². The number of ketones is 1. The van der Waals surface area contributed by atoms with Crippen molar-refractivity contribution in [1.29, 1.82) is 0 Å². The second kappa shape index (κ2) is 6.73. The second-order valence-corrected chi connectivity index (χ2v) is 7.70. The molecule has 5 aromatic rings. The molecule has 0 spiro atoms. The van der Waals surface area contributed by atoms with Crippen molar-refractivity contribution in [2.75, 3.05) is 5.75 Å². The van der Waals surface area contributed by atoms with Crippen molar-refractivity contribution in [2.24, 2.45) is 0 Å². The maximum atomic E-state index is 11.1. The standard InChI is InChI=1S/C22H17N3O2S/c1-13(26)12-28-22-11-19(24-25-22)21-9-8-20(27-21)14-6-7-16-15-4-2-3-5-17(15)23-18(16)10-14/h2-11,23H,12H2,1H3,(H,24,25). The van der Waals surface area contributed by atoms with Crippen LogP contribution in [0, 0.1) is 0 Å². The molecule has 5 rings (SSSR count). The highest BCUT2D eigenvalue weighted by Crippen LogP contribution is 2.33. The van der Waals surface area contributed by atoms with E-state index >= 15 is 0 Å². The minimum Gasteiger partial charge on any atom is -0.454 e. The number of hydrogen-bond acceptors (Lipinski definition) is 4. The fraction of sp³-hybridized carbons (Fsp3) is 0.0909. The van der Waals surface area contributed by atoms with Gasteiger partial charge < -0.3 is 9.40 Å². The van der Waals surface area contributed by atoms with Gasteiger partial charge in [0.05, 0.1) is 5.75 Å². The Balaban J connectivity index is 1.45. The number of thioether (sulfide) groups is 1. The number of fused-ring (bicyclic) bond motifs is 3. The van der Waals surface area contributed by atoms with E-state index < -0.39 is 0 Å². The molecule has 0 bridgehead atoms. The Labute approximate surface area is 165 Å². The summed E-state index contributed by atoms with van der Waals surface area (Å²) in [5, 5.41) is 10.4. The van der Waals surface area contributed by atoms with E-state index in [-0.39, 0.29) is 5.78 Å². The number of carbonyl (C=O) groups is 1. The van der Waals surface area contributed by atoms with Gasteiger partial charge in [-0.25, -0.2) is 0 Å². The fourth-order valence-electron chi connectivity index (χ4n) is 3.32. The Kier molecular flexibility index (Phi) is 4.06. The van der Waals surface area contributed by atoms with Gasteiger partial charge >= 0.3 is 0 Å². The van der Waals surface area contributed by atoms with Gasteiger partial charge in [0, 0.05) is 33.4 Å². The molecule has 138 valence electrons. The average Bonchev–Trinajstić information content (AvgIpc) is 3.42. The van der Waals surface area contributed by atoms with E-state index in [1.54, 1.807) is 6.92 Å². The molecular weight excluding hydrogens is 370 g/mol. The third kappa shape index (κ3) is 3.01. The minimum absolute atomic E-state index is 0.127. The van der Waals surface area contributed by atoms with Crippen molar-refractivity contribution in [1.82, 2.24) is 15.2 Å². The predicted molar refractivity (Wildman–Crippen MR) is 112 cm³/mol. The van der Waals surface area contributed by atoms with Gasteiger partial charge in [-0.2, -0.15) is 5.10 Å². The molecule has 3 aromatic heterocycles. The predicted octanol–water partition coefficient (Wildman–Crippen LogP) is 5.65. The number of furan rings is 1. The van der Waals surface area contributed by atoms with Crippen LogP contribution in [-0.4, -0.2) is 26.7 Å². The summed E-state index contributed by atoms with van der Waals surface area (Å²) in [4.78, 5) is 14.6. The number of H-pyrrole nitrogens is 2. The van der Waals surface area contributed by atoms with Crippen LogP contribution in [0.5, 0.6) is 0 Å². The molecule has 0 saturated heterocycles. The first kappa shape index (κ1) is 16.9. The highest BCUT2D eigenvalue weighted by molar-refractivity contribution is 7.99. The van der Waals surface area contributed by atoms with Crippen LogP contribution in [0.15, 0.2) is 70.1 Å². The molecule has 2 N–H and O–H groups in total. The van der Waals surface area contributed by atoms with E-state index in [1.165, 1.54) is 22.5 Å². The van der Waals surface area contributed by atoms with Crippen molar-refractivity contribution >= 4 is 39.4 Å². The van der Waals surface area contributed by atoms with Crippen LogP contribution in [-0.2, 0) is 4.79 Å². The molecule has 28 heavy (non-hydrogen) atoms. The lowest BCUT2D eigenvalue weighted by Gasteiger charge is -1.98. The van der Waals surface area contributed by atoms with Crippen molar-refractivity contribution in [2.45, 2.75) is 11.9 Å².